The third-order valence-corrected chi connectivity index (χ3v) is 2.91. The monoisotopic (exact) mass is 230 g/mol. The average molecular weight is 230 g/mol. The predicted octanol–water partition coefficient (Wildman–Crippen LogP) is 2.42. The molecule has 3 heteroatoms. The Balaban J connectivity index is 2.15. The molecule has 0 radical (unpaired) electrons. The van der Waals surface area contributed by atoms with E-state index >= 15 is 0 Å². The lowest BCUT2D eigenvalue weighted by atomic mass is 9.83. The summed E-state index contributed by atoms with van der Waals surface area (Å²) < 4.78 is 0. The van der Waals surface area contributed by atoms with Gasteiger partial charge in [-0.1, -0.05) is 23.8 Å². The third kappa shape index (κ3) is 2.61. The van der Waals surface area contributed by atoms with Crippen LogP contribution in [0.2, 0.25) is 0 Å². The van der Waals surface area contributed by atoms with Gasteiger partial charge in [0.25, 0.3) is 0 Å². The van der Waals surface area contributed by atoms with Gasteiger partial charge >= 0.3 is 0 Å². The molecule has 0 heterocycles. The van der Waals surface area contributed by atoms with E-state index in [0.29, 0.717) is 12.8 Å². The molecule has 0 aliphatic heterocycles. The van der Waals surface area contributed by atoms with E-state index in [1.165, 1.54) is 6.08 Å². The van der Waals surface area contributed by atoms with Crippen LogP contribution in [-0.2, 0) is 9.59 Å². The van der Waals surface area contributed by atoms with Crippen LogP contribution in [-0.4, -0.2) is 16.7 Å². The van der Waals surface area contributed by atoms with E-state index < -0.39 is 0 Å². The number of allylic oxidation sites excluding steroid dienone is 7. The minimum atomic E-state index is -0.294. The van der Waals surface area contributed by atoms with Crippen molar-refractivity contribution in [3.8, 4) is 0 Å². The summed E-state index contributed by atoms with van der Waals surface area (Å²) in [5.74, 6) is -0.248. The molecule has 0 bridgehead atoms. The summed E-state index contributed by atoms with van der Waals surface area (Å²) in [5, 5.41) is 9.33. The molecule has 88 valence electrons. The van der Waals surface area contributed by atoms with Gasteiger partial charge in [0, 0.05) is 12.5 Å². The first-order chi connectivity index (χ1) is 8.06. The van der Waals surface area contributed by atoms with Crippen molar-refractivity contribution in [1.29, 1.82) is 0 Å². The van der Waals surface area contributed by atoms with E-state index in [2.05, 4.69) is 0 Å². The lowest BCUT2D eigenvalue weighted by Gasteiger charge is -2.20. The van der Waals surface area contributed by atoms with Gasteiger partial charge in [-0.15, -0.1) is 0 Å². The summed E-state index contributed by atoms with van der Waals surface area (Å²) in [4.78, 5) is 22.6. The lowest BCUT2D eigenvalue weighted by Crippen LogP contribution is -2.18. The van der Waals surface area contributed by atoms with Crippen LogP contribution in [0.25, 0.3) is 0 Å². The Kier molecular flexibility index (Phi) is 3.09. The maximum Gasteiger partial charge on any atom is 0.170 e. The largest absolute Gasteiger partial charge is 0.508 e. The quantitative estimate of drug-likeness (QED) is 0.810. The molecule has 0 aromatic carbocycles. The molecule has 0 saturated heterocycles. The molecule has 3 nitrogen and oxygen atoms in total. The zero-order chi connectivity index (χ0) is 12.4. The van der Waals surface area contributed by atoms with Crippen molar-refractivity contribution in [2.75, 3.05) is 0 Å². The smallest absolute Gasteiger partial charge is 0.170 e. The molecular formula is C14H14O3. The van der Waals surface area contributed by atoms with E-state index in [1.54, 1.807) is 13.0 Å². The van der Waals surface area contributed by atoms with Crippen molar-refractivity contribution in [2.24, 2.45) is 5.92 Å². The first-order valence-corrected chi connectivity index (χ1v) is 5.60. The molecule has 2 aliphatic rings. The summed E-state index contributed by atoms with van der Waals surface area (Å²) in [7, 11) is 0. The van der Waals surface area contributed by atoms with Crippen LogP contribution < -0.4 is 0 Å². The van der Waals surface area contributed by atoms with Crippen molar-refractivity contribution in [3.05, 3.63) is 47.3 Å². The van der Waals surface area contributed by atoms with Crippen molar-refractivity contribution < 1.29 is 14.7 Å². The number of carbonyl (C=O) groups is 2. The molecule has 0 spiro atoms. The molecule has 0 aromatic heterocycles. The standard InChI is InChI=1S/C14H14O3/c1-9(15)2-3-10-4-5-11-7-12(16)8-14(17)13(11)6-10/h4-8,13,16H,2-3H2,1H3. The number of carbonyl (C=O) groups excluding carboxylic acids is 2. The Morgan fingerprint density at radius 1 is 1.35 bits per heavy atom. The van der Waals surface area contributed by atoms with Crippen LogP contribution in [0.15, 0.2) is 47.3 Å². The van der Waals surface area contributed by atoms with Crippen molar-refractivity contribution in [1.82, 2.24) is 0 Å². The van der Waals surface area contributed by atoms with Gasteiger partial charge in [-0.25, -0.2) is 0 Å². The van der Waals surface area contributed by atoms with Crippen LogP contribution >= 0.6 is 0 Å². The van der Waals surface area contributed by atoms with Crippen molar-refractivity contribution in [3.63, 3.8) is 0 Å². The number of aliphatic hydroxyl groups is 1. The van der Waals surface area contributed by atoms with Crippen LogP contribution in [0.1, 0.15) is 19.8 Å². The number of fused-ring (bicyclic) bond motifs is 1. The molecule has 0 aromatic rings. The summed E-state index contributed by atoms with van der Waals surface area (Å²) in [6.07, 6.45) is 9.61. The van der Waals surface area contributed by atoms with Crippen LogP contribution in [0.3, 0.4) is 0 Å². The molecule has 17 heavy (non-hydrogen) atoms. The lowest BCUT2D eigenvalue weighted by molar-refractivity contribution is -0.117. The Labute approximate surface area is 99.8 Å². The number of Topliss-reactive ketones (excluding diaryl/α,β-unsaturated/α-hetero) is 1. The highest BCUT2D eigenvalue weighted by atomic mass is 16.3. The second-order valence-corrected chi connectivity index (χ2v) is 4.37. The van der Waals surface area contributed by atoms with Gasteiger partial charge in [-0.05, 0) is 25.0 Å². The first kappa shape index (κ1) is 11.6. The zero-order valence-corrected chi connectivity index (χ0v) is 9.64. The summed E-state index contributed by atoms with van der Waals surface area (Å²) in [5.41, 5.74) is 1.81. The fourth-order valence-corrected chi connectivity index (χ4v) is 1.99. The normalized spacial score (nSPS) is 22.5. The van der Waals surface area contributed by atoms with E-state index in [4.69, 9.17) is 0 Å². The molecule has 1 unspecified atom stereocenters. The number of ketones is 2. The minimum Gasteiger partial charge on any atom is -0.508 e. The van der Waals surface area contributed by atoms with E-state index in [1.807, 2.05) is 18.2 Å². The fourth-order valence-electron chi connectivity index (χ4n) is 1.99. The van der Waals surface area contributed by atoms with E-state index in [9.17, 15) is 14.7 Å². The maximum atomic E-state index is 11.7. The summed E-state index contributed by atoms with van der Waals surface area (Å²) in [6, 6.07) is 0. The number of hydrogen-bond acceptors (Lipinski definition) is 3. The van der Waals surface area contributed by atoms with Gasteiger partial charge in [0.15, 0.2) is 5.78 Å². The second kappa shape index (κ2) is 4.53. The molecule has 0 fully saturated rings. The number of rotatable bonds is 3. The highest BCUT2D eigenvalue weighted by Crippen LogP contribution is 2.29. The molecule has 2 rings (SSSR count). The van der Waals surface area contributed by atoms with E-state index in [-0.39, 0.29) is 23.2 Å². The zero-order valence-electron chi connectivity index (χ0n) is 9.64. The van der Waals surface area contributed by atoms with Crippen molar-refractivity contribution in [2.45, 2.75) is 19.8 Å². The van der Waals surface area contributed by atoms with Crippen LogP contribution in [0.4, 0.5) is 0 Å². The number of aliphatic hydroxyl groups excluding tert-OH is 1. The number of hydrogen-bond donors (Lipinski definition) is 1. The molecular weight excluding hydrogens is 216 g/mol. The topological polar surface area (TPSA) is 54.4 Å². The minimum absolute atomic E-state index is 0.00601. The molecule has 2 aliphatic carbocycles. The average Bonchev–Trinajstić information content (AvgIpc) is 2.26. The van der Waals surface area contributed by atoms with E-state index in [0.717, 1.165) is 11.1 Å². The Hall–Kier alpha value is -1.90. The molecule has 0 saturated carbocycles. The van der Waals surface area contributed by atoms with Crippen molar-refractivity contribution >= 4 is 11.6 Å². The van der Waals surface area contributed by atoms with Crippen LogP contribution in [0.5, 0.6) is 0 Å². The molecule has 1 N–H and O–H groups in total. The maximum absolute atomic E-state index is 11.7. The Morgan fingerprint density at radius 3 is 2.82 bits per heavy atom. The fraction of sp³-hybridized carbons (Fsp3) is 0.286. The first-order valence-electron chi connectivity index (χ1n) is 5.60. The Morgan fingerprint density at radius 2 is 2.12 bits per heavy atom. The predicted molar refractivity (Wildman–Crippen MR) is 64.4 cm³/mol. The van der Waals surface area contributed by atoms with Gasteiger partial charge in [0.2, 0.25) is 0 Å². The molecule has 1 atom stereocenters. The SMILES string of the molecule is CC(=O)CCC1=CC2C(=O)C=C(O)C=C2C=C1. The van der Waals surface area contributed by atoms with Gasteiger partial charge < -0.3 is 9.90 Å². The molecule has 0 amide bonds. The highest BCUT2D eigenvalue weighted by Gasteiger charge is 2.24. The summed E-state index contributed by atoms with van der Waals surface area (Å²) >= 11 is 0. The van der Waals surface area contributed by atoms with Gasteiger partial charge in [0.1, 0.15) is 11.5 Å². The van der Waals surface area contributed by atoms with Gasteiger partial charge in [-0.3, -0.25) is 4.79 Å². The highest BCUT2D eigenvalue weighted by molar-refractivity contribution is 5.98. The van der Waals surface area contributed by atoms with Gasteiger partial charge in [0.05, 0.1) is 5.92 Å². The Bertz CT molecular complexity index is 490. The third-order valence-electron chi connectivity index (χ3n) is 2.91. The van der Waals surface area contributed by atoms with Gasteiger partial charge in [-0.2, -0.15) is 0 Å². The van der Waals surface area contributed by atoms with Crippen LogP contribution in [0, 0.1) is 5.92 Å². The second-order valence-electron chi connectivity index (χ2n) is 4.37. The summed E-state index contributed by atoms with van der Waals surface area (Å²) in [6.45, 7) is 1.56.